The van der Waals surface area contributed by atoms with Crippen molar-refractivity contribution in [2.45, 2.75) is 13.0 Å². The standard InChI is InChI=1S/C21H20N4O4/c1-15(25-21(27)14-29-19-8-4-17(11-23)5-9-19)12-24-20(26)13-28-18-6-2-16(10-22)3-7-18/h2-9,15H,12-14H2,1H3,(H,24,26)(H,25,27)/t15-/m1/s1. The predicted molar refractivity (Wildman–Crippen MR) is 104 cm³/mol. The van der Waals surface area contributed by atoms with Gasteiger partial charge in [0.05, 0.1) is 23.3 Å². The normalized spacial score (nSPS) is 10.7. The lowest BCUT2D eigenvalue weighted by Crippen LogP contribution is -2.44. The van der Waals surface area contributed by atoms with Gasteiger partial charge in [-0.15, -0.1) is 0 Å². The van der Waals surface area contributed by atoms with Gasteiger partial charge >= 0.3 is 0 Å². The van der Waals surface area contributed by atoms with Crippen molar-refractivity contribution in [1.82, 2.24) is 10.6 Å². The van der Waals surface area contributed by atoms with Gasteiger partial charge in [-0.25, -0.2) is 0 Å². The van der Waals surface area contributed by atoms with Gasteiger partial charge in [-0.3, -0.25) is 9.59 Å². The van der Waals surface area contributed by atoms with Crippen molar-refractivity contribution in [3.05, 3.63) is 59.7 Å². The van der Waals surface area contributed by atoms with E-state index in [4.69, 9.17) is 20.0 Å². The van der Waals surface area contributed by atoms with E-state index in [1.165, 1.54) is 0 Å². The second-order valence-electron chi connectivity index (χ2n) is 6.12. The third kappa shape index (κ3) is 7.61. The van der Waals surface area contributed by atoms with Crippen LogP contribution in [-0.2, 0) is 9.59 Å². The predicted octanol–water partition coefficient (Wildman–Crippen LogP) is 1.51. The van der Waals surface area contributed by atoms with Crippen molar-refractivity contribution in [1.29, 1.82) is 10.5 Å². The number of benzene rings is 2. The zero-order valence-corrected chi connectivity index (χ0v) is 15.8. The Morgan fingerprint density at radius 3 is 1.76 bits per heavy atom. The minimum atomic E-state index is -0.329. The SMILES string of the molecule is C[C@H](CNC(=O)COc1ccc(C#N)cc1)NC(=O)COc1ccc(C#N)cc1. The third-order valence-corrected chi connectivity index (χ3v) is 3.72. The number of ether oxygens (including phenoxy) is 2. The molecule has 2 aromatic rings. The van der Waals surface area contributed by atoms with E-state index < -0.39 is 0 Å². The molecule has 2 aromatic carbocycles. The van der Waals surface area contributed by atoms with Crippen LogP contribution in [-0.4, -0.2) is 37.6 Å². The number of hydrogen-bond acceptors (Lipinski definition) is 6. The summed E-state index contributed by atoms with van der Waals surface area (Å²) in [5.41, 5.74) is 1.02. The summed E-state index contributed by atoms with van der Waals surface area (Å²) in [4.78, 5) is 23.8. The Morgan fingerprint density at radius 2 is 1.31 bits per heavy atom. The molecule has 8 nitrogen and oxygen atoms in total. The van der Waals surface area contributed by atoms with E-state index in [-0.39, 0.29) is 37.6 Å². The van der Waals surface area contributed by atoms with Crippen LogP contribution in [0.5, 0.6) is 11.5 Å². The van der Waals surface area contributed by atoms with E-state index >= 15 is 0 Å². The maximum atomic E-state index is 11.9. The van der Waals surface area contributed by atoms with Gasteiger partial charge in [-0.1, -0.05) is 0 Å². The molecule has 0 aliphatic rings. The molecule has 1 atom stereocenters. The number of rotatable bonds is 9. The van der Waals surface area contributed by atoms with E-state index in [1.807, 2.05) is 12.1 Å². The van der Waals surface area contributed by atoms with Crippen LogP contribution in [0.15, 0.2) is 48.5 Å². The Morgan fingerprint density at radius 1 is 0.862 bits per heavy atom. The van der Waals surface area contributed by atoms with E-state index in [1.54, 1.807) is 55.5 Å². The molecule has 0 fully saturated rings. The lowest BCUT2D eigenvalue weighted by molar-refractivity contribution is -0.125. The van der Waals surface area contributed by atoms with Gasteiger partial charge < -0.3 is 20.1 Å². The van der Waals surface area contributed by atoms with Crippen LogP contribution in [0.2, 0.25) is 0 Å². The highest BCUT2D eigenvalue weighted by molar-refractivity contribution is 5.79. The number of carbonyl (C=O) groups excluding carboxylic acids is 2. The molecule has 8 heteroatoms. The number of carbonyl (C=O) groups is 2. The number of nitrogens with zero attached hydrogens (tertiary/aromatic N) is 2. The molecular weight excluding hydrogens is 372 g/mol. The van der Waals surface area contributed by atoms with Crippen molar-refractivity contribution >= 4 is 11.8 Å². The smallest absolute Gasteiger partial charge is 0.258 e. The lowest BCUT2D eigenvalue weighted by atomic mass is 10.2. The summed E-state index contributed by atoms with van der Waals surface area (Å²) in [5.74, 6) is 0.315. The molecule has 0 aliphatic carbocycles. The second-order valence-corrected chi connectivity index (χ2v) is 6.12. The highest BCUT2D eigenvalue weighted by Gasteiger charge is 2.10. The summed E-state index contributed by atoms with van der Waals surface area (Å²) >= 11 is 0. The molecule has 2 N–H and O–H groups in total. The Hall–Kier alpha value is -4.04. The molecule has 29 heavy (non-hydrogen) atoms. The van der Waals surface area contributed by atoms with Crippen LogP contribution >= 0.6 is 0 Å². The highest BCUT2D eigenvalue weighted by Crippen LogP contribution is 2.12. The summed E-state index contributed by atoms with van der Waals surface area (Å²) in [6.07, 6.45) is 0. The van der Waals surface area contributed by atoms with Crippen LogP contribution in [0.4, 0.5) is 0 Å². The van der Waals surface area contributed by atoms with Crippen LogP contribution in [0, 0.1) is 22.7 Å². The van der Waals surface area contributed by atoms with Gasteiger partial charge in [0.25, 0.3) is 11.8 Å². The van der Waals surface area contributed by atoms with Crippen molar-refractivity contribution in [2.24, 2.45) is 0 Å². The van der Waals surface area contributed by atoms with Crippen molar-refractivity contribution < 1.29 is 19.1 Å². The maximum Gasteiger partial charge on any atom is 0.258 e. The molecule has 0 spiro atoms. The molecule has 0 aliphatic heterocycles. The van der Waals surface area contributed by atoms with Gasteiger partial charge in [0.15, 0.2) is 13.2 Å². The van der Waals surface area contributed by atoms with Crippen molar-refractivity contribution in [3.63, 3.8) is 0 Å². The van der Waals surface area contributed by atoms with Gasteiger partial charge in [-0.2, -0.15) is 10.5 Å². The van der Waals surface area contributed by atoms with E-state index in [0.29, 0.717) is 22.6 Å². The molecule has 2 amide bonds. The molecule has 0 unspecified atom stereocenters. The van der Waals surface area contributed by atoms with Gasteiger partial charge in [0.1, 0.15) is 11.5 Å². The molecule has 0 aromatic heterocycles. The zero-order chi connectivity index (χ0) is 21.1. The first-order chi connectivity index (χ1) is 14.0. The molecule has 0 bridgehead atoms. The second kappa shape index (κ2) is 11.0. The van der Waals surface area contributed by atoms with Gasteiger partial charge in [0.2, 0.25) is 0 Å². The molecular formula is C21H20N4O4. The first kappa shape index (κ1) is 21.3. The summed E-state index contributed by atoms with van der Waals surface area (Å²) < 4.78 is 10.7. The number of amides is 2. The van der Waals surface area contributed by atoms with Crippen LogP contribution in [0.25, 0.3) is 0 Å². The molecule has 148 valence electrons. The number of hydrogen-bond donors (Lipinski definition) is 2. The highest BCUT2D eigenvalue weighted by atomic mass is 16.5. The van der Waals surface area contributed by atoms with E-state index in [9.17, 15) is 9.59 Å². The first-order valence-corrected chi connectivity index (χ1v) is 8.82. The van der Waals surface area contributed by atoms with Gasteiger partial charge in [-0.05, 0) is 55.5 Å². The lowest BCUT2D eigenvalue weighted by Gasteiger charge is -2.15. The molecule has 0 saturated heterocycles. The minimum absolute atomic E-state index is 0.172. The topological polar surface area (TPSA) is 124 Å². The van der Waals surface area contributed by atoms with Gasteiger partial charge in [0, 0.05) is 12.6 Å². The fourth-order valence-electron chi connectivity index (χ4n) is 2.23. The maximum absolute atomic E-state index is 11.9. The molecule has 0 heterocycles. The van der Waals surface area contributed by atoms with Crippen LogP contribution in [0.3, 0.4) is 0 Å². The Labute approximate surface area is 168 Å². The number of nitrogens with one attached hydrogen (secondary N) is 2. The Balaban J connectivity index is 1.63. The summed E-state index contributed by atoms with van der Waals surface area (Å²) in [7, 11) is 0. The molecule has 0 saturated carbocycles. The molecule has 0 radical (unpaired) electrons. The van der Waals surface area contributed by atoms with Crippen molar-refractivity contribution in [3.8, 4) is 23.6 Å². The Kier molecular flexibility index (Phi) is 8.03. The van der Waals surface area contributed by atoms with E-state index in [2.05, 4.69) is 10.6 Å². The fourth-order valence-corrected chi connectivity index (χ4v) is 2.23. The average Bonchev–Trinajstić information content (AvgIpc) is 2.75. The van der Waals surface area contributed by atoms with Crippen molar-refractivity contribution in [2.75, 3.05) is 19.8 Å². The minimum Gasteiger partial charge on any atom is -0.484 e. The third-order valence-electron chi connectivity index (χ3n) is 3.72. The molecule has 2 rings (SSSR count). The average molecular weight is 392 g/mol. The van der Waals surface area contributed by atoms with Crippen LogP contribution < -0.4 is 20.1 Å². The van der Waals surface area contributed by atoms with E-state index in [0.717, 1.165) is 0 Å². The summed E-state index contributed by atoms with van der Waals surface area (Å²) in [5, 5.41) is 22.9. The zero-order valence-electron chi connectivity index (χ0n) is 15.8. The summed E-state index contributed by atoms with van der Waals surface area (Å²) in [6, 6.07) is 16.6. The summed E-state index contributed by atoms with van der Waals surface area (Å²) in [6.45, 7) is 1.64. The fraction of sp³-hybridized carbons (Fsp3) is 0.238. The monoisotopic (exact) mass is 392 g/mol. The first-order valence-electron chi connectivity index (χ1n) is 8.82. The quantitative estimate of drug-likeness (QED) is 0.666. The largest absolute Gasteiger partial charge is 0.484 e. The Bertz CT molecular complexity index is 912. The number of nitriles is 2. The van der Waals surface area contributed by atoms with Crippen LogP contribution in [0.1, 0.15) is 18.1 Å².